The number of likely N-dealkylation sites (N-methyl/N-ethyl adjacent to an activating group) is 1. The third-order valence-corrected chi connectivity index (χ3v) is 3.19. The van der Waals surface area contributed by atoms with Crippen molar-refractivity contribution in [2.45, 2.75) is 13.0 Å². The molecule has 1 fully saturated rings. The third-order valence-electron chi connectivity index (χ3n) is 3.19. The average Bonchev–Trinajstić information content (AvgIpc) is 2.58. The molecule has 1 aliphatic rings. The van der Waals surface area contributed by atoms with E-state index in [1.807, 2.05) is 18.0 Å². The molecule has 0 aromatic heterocycles. The summed E-state index contributed by atoms with van der Waals surface area (Å²) >= 11 is 0. The lowest BCUT2D eigenvalue weighted by Crippen LogP contribution is -2.34. The summed E-state index contributed by atoms with van der Waals surface area (Å²) in [5.41, 5.74) is 7.98. The minimum absolute atomic E-state index is 0.0713. The monoisotopic (exact) mass is 233 g/mol. The maximum atomic E-state index is 12.0. The molecule has 4 nitrogen and oxygen atoms in total. The highest BCUT2D eigenvalue weighted by atomic mass is 16.2. The molecule has 1 aromatic rings. The van der Waals surface area contributed by atoms with Gasteiger partial charge in [0.2, 0.25) is 0 Å². The number of carbonyl (C=O) groups is 1. The van der Waals surface area contributed by atoms with Gasteiger partial charge in [-0.2, -0.15) is 0 Å². The van der Waals surface area contributed by atoms with Crippen LogP contribution in [-0.4, -0.2) is 42.5 Å². The minimum Gasteiger partial charge on any atom is -0.329 e. The predicted octanol–water partition coefficient (Wildman–Crippen LogP) is 1.36. The Labute approximate surface area is 102 Å². The Bertz CT molecular complexity index is 419. The number of carbonyl (C=O) groups excluding carboxylic acids is 1. The van der Waals surface area contributed by atoms with Crippen LogP contribution in [0.4, 0.5) is 4.79 Å². The summed E-state index contributed by atoms with van der Waals surface area (Å²) in [6.45, 7) is 3.92. The van der Waals surface area contributed by atoms with E-state index in [-0.39, 0.29) is 12.1 Å². The molecular formula is C13H19N3O. The van der Waals surface area contributed by atoms with Crippen molar-refractivity contribution >= 4 is 6.03 Å². The molecule has 1 heterocycles. The Morgan fingerprint density at radius 2 is 2.24 bits per heavy atom. The lowest BCUT2D eigenvalue weighted by Gasteiger charge is -2.22. The number of nitrogens with zero attached hydrogens (tertiary/aromatic N) is 2. The van der Waals surface area contributed by atoms with Gasteiger partial charge in [0.15, 0.2) is 0 Å². The van der Waals surface area contributed by atoms with Gasteiger partial charge >= 0.3 is 6.03 Å². The molecule has 0 spiro atoms. The van der Waals surface area contributed by atoms with Gasteiger partial charge in [-0.25, -0.2) is 4.79 Å². The van der Waals surface area contributed by atoms with Gasteiger partial charge in [-0.3, -0.25) is 0 Å². The number of amides is 2. The zero-order chi connectivity index (χ0) is 12.4. The van der Waals surface area contributed by atoms with Crippen molar-refractivity contribution in [3.63, 3.8) is 0 Å². The standard InChI is InChI=1S/C13H19N3O/c1-10-4-3-5-11(8-10)12-9-15(2)13(17)16(12)7-6-14/h3-5,8,12H,6-7,9,14H2,1-2H3. The van der Waals surface area contributed by atoms with Crippen LogP contribution in [0.2, 0.25) is 0 Å². The van der Waals surface area contributed by atoms with Crippen LogP contribution < -0.4 is 5.73 Å². The van der Waals surface area contributed by atoms with Gasteiger partial charge in [0, 0.05) is 26.7 Å². The molecule has 2 amide bonds. The van der Waals surface area contributed by atoms with E-state index < -0.39 is 0 Å². The van der Waals surface area contributed by atoms with E-state index in [0.717, 1.165) is 6.54 Å². The summed E-state index contributed by atoms with van der Waals surface area (Å²) in [4.78, 5) is 15.6. The predicted molar refractivity (Wildman–Crippen MR) is 67.7 cm³/mol. The van der Waals surface area contributed by atoms with E-state index in [1.165, 1.54) is 11.1 Å². The van der Waals surface area contributed by atoms with Crippen LogP contribution in [-0.2, 0) is 0 Å². The van der Waals surface area contributed by atoms with Crippen LogP contribution in [0.1, 0.15) is 17.2 Å². The Morgan fingerprint density at radius 3 is 2.88 bits per heavy atom. The van der Waals surface area contributed by atoms with Crippen molar-refractivity contribution in [1.82, 2.24) is 9.80 Å². The maximum absolute atomic E-state index is 12.0. The van der Waals surface area contributed by atoms with Crippen molar-refractivity contribution < 1.29 is 4.79 Å². The van der Waals surface area contributed by atoms with E-state index >= 15 is 0 Å². The minimum atomic E-state index is 0.0713. The lowest BCUT2D eigenvalue weighted by molar-refractivity contribution is 0.192. The first-order valence-corrected chi connectivity index (χ1v) is 5.92. The van der Waals surface area contributed by atoms with Gasteiger partial charge in [-0.05, 0) is 12.5 Å². The van der Waals surface area contributed by atoms with Gasteiger partial charge in [-0.1, -0.05) is 29.8 Å². The second kappa shape index (κ2) is 4.75. The molecule has 0 radical (unpaired) electrons. The number of hydrogen-bond acceptors (Lipinski definition) is 2. The highest BCUT2D eigenvalue weighted by molar-refractivity contribution is 5.77. The fraction of sp³-hybridized carbons (Fsp3) is 0.462. The largest absolute Gasteiger partial charge is 0.329 e. The third kappa shape index (κ3) is 2.26. The zero-order valence-corrected chi connectivity index (χ0v) is 10.4. The second-order valence-electron chi connectivity index (χ2n) is 4.58. The Kier molecular flexibility index (Phi) is 3.33. The van der Waals surface area contributed by atoms with Gasteiger partial charge < -0.3 is 15.5 Å². The fourth-order valence-electron chi connectivity index (χ4n) is 2.34. The van der Waals surface area contributed by atoms with Gasteiger partial charge in [0.1, 0.15) is 0 Å². The van der Waals surface area contributed by atoms with Crippen LogP contribution >= 0.6 is 0 Å². The number of urea groups is 1. The van der Waals surface area contributed by atoms with E-state index in [4.69, 9.17) is 5.73 Å². The van der Waals surface area contributed by atoms with Crippen LogP contribution in [0.5, 0.6) is 0 Å². The number of nitrogens with two attached hydrogens (primary N) is 1. The van der Waals surface area contributed by atoms with Crippen LogP contribution in [0.3, 0.4) is 0 Å². The van der Waals surface area contributed by atoms with Crippen molar-refractivity contribution in [2.75, 3.05) is 26.7 Å². The first kappa shape index (κ1) is 11.9. The fourth-order valence-corrected chi connectivity index (χ4v) is 2.34. The summed E-state index contributed by atoms with van der Waals surface area (Å²) < 4.78 is 0. The van der Waals surface area contributed by atoms with Crippen molar-refractivity contribution in [3.05, 3.63) is 35.4 Å². The average molecular weight is 233 g/mol. The lowest BCUT2D eigenvalue weighted by atomic mass is 10.0. The van der Waals surface area contributed by atoms with Gasteiger partial charge in [0.25, 0.3) is 0 Å². The first-order valence-electron chi connectivity index (χ1n) is 5.92. The SMILES string of the molecule is Cc1cccc(C2CN(C)C(=O)N2CCN)c1. The van der Waals surface area contributed by atoms with Crippen molar-refractivity contribution in [3.8, 4) is 0 Å². The molecule has 1 unspecified atom stereocenters. The molecule has 1 atom stereocenters. The maximum Gasteiger partial charge on any atom is 0.320 e. The van der Waals surface area contributed by atoms with E-state index in [9.17, 15) is 4.79 Å². The van der Waals surface area contributed by atoms with E-state index in [0.29, 0.717) is 13.1 Å². The van der Waals surface area contributed by atoms with E-state index in [1.54, 1.807) is 4.90 Å². The first-order chi connectivity index (χ1) is 8.13. The molecule has 1 saturated heterocycles. The molecule has 2 rings (SSSR count). The number of aryl methyl sites for hydroxylation is 1. The van der Waals surface area contributed by atoms with Crippen LogP contribution in [0.25, 0.3) is 0 Å². The normalized spacial score (nSPS) is 20.2. The van der Waals surface area contributed by atoms with Gasteiger partial charge in [-0.15, -0.1) is 0 Å². The Morgan fingerprint density at radius 1 is 1.47 bits per heavy atom. The molecule has 1 aromatic carbocycles. The van der Waals surface area contributed by atoms with Crippen molar-refractivity contribution in [1.29, 1.82) is 0 Å². The highest BCUT2D eigenvalue weighted by Crippen LogP contribution is 2.28. The summed E-state index contributed by atoms with van der Waals surface area (Å²) in [7, 11) is 1.83. The molecule has 92 valence electrons. The number of benzene rings is 1. The molecule has 0 saturated carbocycles. The zero-order valence-electron chi connectivity index (χ0n) is 10.4. The Balaban J connectivity index is 2.27. The molecule has 4 heteroatoms. The topological polar surface area (TPSA) is 49.6 Å². The quantitative estimate of drug-likeness (QED) is 0.857. The smallest absolute Gasteiger partial charge is 0.320 e. The number of rotatable bonds is 3. The second-order valence-corrected chi connectivity index (χ2v) is 4.58. The van der Waals surface area contributed by atoms with Crippen LogP contribution in [0, 0.1) is 6.92 Å². The van der Waals surface area contributed by atoms with Crippen LogP contribution in [0.15, 0.2) is 24.3 Å². The summed E-state index contributed by atoms with van der Waals surface area (Å²) in [5, 5.41) is 0. The summed E-state index contributed by atoms with van der Waals surface area (Å²) in [6.07, 6.45) is 0. The summed E-state index contributed by atoms with van der Waals surface area (Å²) in [6, 6.07) is 8.53. The molecule has 0 aliphatic carbocycles. The highest BCUT2D eigenvalue weighted by Gasteiger charge is 2.35. The summed E-state index contributed by atoms with van der Waals surface area (Å²) in [5.74, 6) is 0. The molecule has 1 aliphatic heterocycles. The molecular weight excluding hydrogens is 214 g/mol. The van der Waals surface area contributed by atoms with Gasteiger partial charge in [0.05, 0.1) is 6.04 Å². The number of hydrogen-bond donors (Lipinski definition) is 1. The molecule has 2 N–H and O–H groups in total. The Hall–Kier alpha value is -1.55. The molecule has 0 bridgehead atoms. The van der Waals surface area contributed by atoms with E-state index in [2.05, 4.69) is 25.1 Å². The van der Waals surface area contributed by atoms with Crippen molar-refractivity contribution in [2.24, 2.45) is 5.73 Å². The molecule has 17 heavy (non-hydrogen) atoms.